The molecule has 0 bridgehead atoms. The number of hydrogen-bond acceptors (Lipinski definition) is 5. The molecule has 3 aliphatic rings. The van der Waals surface area contributed by atoms with Gasteiger partial charge in [0.15, 0.2) is 11.5 Å². The van der Waals surface area contributed by atoms with E-state index in [4.69, 9.17) is 9.47 Å². The maximum absolute atomic E-state index is 12.7. The first-order valence-electron chi connectivity index (χ1n) is 8.89. The van der Waals surface area contributed by atoms with E-state index in [0.717, 1.165) is 36.4 Å². The van der Waals surface area contributed by atoms with Gasteiger partial charge in [0.05, 0.1) is 6.04 Å². The summed E-state index contributed by atoms with van der Waals surface area (Å²) in [5.41, 5.74) is 1.13. The fourth-order valence-corrected chi connectivity index (χ4v) is 3.93. The molecule has 0 saturated carbocycles. The third-order valence-corrected chi connectivity index (χ3v) is 5.22. The van der Waals surface area contributed by atoms with E-state index >= 15 is 0 Å². The highest BCUT2D eigenvalue weighted by molar-refractivity contribution is 5.98. The van der Waals surface area contributed by atoms with Gasteiger partial charge in [-0.25, -0.2) is 4.79 Å². The van der Waals surface area contributed by atoms with E-state index in [1.54, 1.807) is 0 Å². The molecule has 2 fully saturated rings. The Bertz CT molecular complexity index is 693. The zero-order valence-corrected chi connectivity index (χ0v) is 14.4. The summed E-state index contributed by atoms with van der Waals surface area (Å²) in [6.07, 6.45) is 2.02. The lowest BCUT2D eigenvalue weighted by Gasteiger charge is -2.32. The maximum Gasteiger partial charge on any atom is 0.324 e. The van der Waals surface area contributed by atoms with Crippen LogP contribution in [-0.2, 0) is 4.79 Å². The molecule has 2 saturated heterocycles. The molecule has 0 radical (unpaired) electrons. The van der Waals surface area contributed by atoms with Gasteiger partial charge >= 0.3 is 6.03 Å². The molecule has 0 spiro atoms. The van der Waals surface area contributed by atoms with Crippen molar-refractivity contribution in [1.29, 1.82) is 0 Å². The highest BCUT2D eigenvalue weighted by Gasteiger charge is 2.38. The maximum atomic E-state index is 12.7. The van der Waals surface area contributed by atoms with Gasteiger partial charge in [-0.1, -0.05) is 6.07 Å². The Morgan fingerprint density at radius 1 is 1.24 bits per heavy atom. The molecule has 134 valence electrons. The zero-order chi connectivity index (χ0) is 17.4. The van der Waals surface area contributed by atoms with Crippen molar-refractivity contribution in [3.8, 4) is 11.5 Å². The summed E-state index contributed by atoms with van der Waals surface area (Å²) in [7, 11) is 0. The van der Waals surface area contributed by atoms with Crippen LogP contribution in [-0.4, -0.2) is 60.6 Å². The third-order valence-electron chi connectivity index (χ3n) is 5.22. The van der Waals surface area contributed by atoms with Crippen molar-refractivity contribution in [3.63, 3.8) is 0 Å². The Kier molecular flexibility index (Phi) is 4.25. The number of imide groups is 1. The molecule has 7 heteroatoms. The van der Waals surface area contributed by atoms with E-state index < -0.39 is 0 Å². The van der Waals surface area contributed by atoms with Crippen molar-refractivity contribution in [2.75, 3.05) is 32.8 Å². The monoisotopic (exact) mass is 345 g/mol. The Morgan fingerprint density at radius 3 is 2.80 bits per heavy atom. The van der Waals surface area contributed by atoms with Gasteiger partial charge in [-0.3, -0.25) is 14.6 Å². The SMILES string of the molecule is C[C@@H](C(=O)N1CCNC1=O)N1CCC[C@H]1c1ccc2c(c1)OCCO2. The van der Waals surface area contributed by atoms with Gasteiger partial charge in [-0.15, -0.1) is 0 Å². The number of fused-ring (bicyclic) bond motifs is 1. The van der Waals surface area contributed by atoms with E-state index in [9.17, 15) is 9.59 Å². The number of nitrogens with zero attached hydrogens (tertiary/aromatic N) is 2. The first-order chi connectivity index (χ1) is 12.1. The number of likely N-dealkylation sites (tertiary alicyclic amines) is 1. The van der Waals surface area contributed by atoms with Crippen LogP contribution in [0.5, 0.6) is 11.5 Å². The van der Waals surface area contributed by atoms with Gasteiger partial charge in [-0.05, 0) is 44.0 Å². The van der Waals surface area contributed by atoms with Crippen LogP contribution in [0.25, 0.3) is 0 Å². The Balaban J connectivity index is 1.54. The summed E-state index contributed by atoms with van der Waals surface area (Å²) in [5.74, 6) is 1.42. The molecule has 7 nitrogen and oxygen atoms in total. The molecule has 1 aromatic carbocycles. The van der Waals surface area contributed by atoms with E-state index in [-0.39, 0.29) is 24.0 Å². The Morgan fingerprint density at radius 2 is 2.04 bits per heavy atom. The molecule has 4 rings (SSSR count). The molecular formula is C18H23N3O4. The zero-order valence-electron chi connectivity index (χ0n) is 14.4. The highest BCUT2D eigenvalue weighted by Crippen LogP contribution is 2.39. The van der Waals surface area contributed by atoms with Gasteiger partial charge in [0.1, 0.15) is 13.2 Å². The van der Waals surface area contributed by atoms with Crippen molar-refractivity contribution in [2.24, 2.45) is 0 Å². The number of nitrogens with one attached hydrogen (secondary N) is 1. The summed E-state index contributed by atoms with van der Waals surface area (Å²) in [6, 6.07) is 5.56. The second kappa shape index (κ2) is 6.55. The van der Waals surface area contributed by atoms with Gasteiger partial charge in [0.25, 0.3) is 0 Å². The van der Waals surface area contributed by atoms with Gasteiger partial charge in [0.2, 0.25) is 5.91 Å². The number of benzene rings is 1. The van der Waals surface area contributed by atoms with Crippen molar-refractivity contribution in [3.05, 3.63) is 23.8 Å². The molecule has 3 aliphatic heterocycles. The van der Waals surface area contributed by atoms with Crippen molar-refractivity contribution >= 4 is 11.9 Å². The van der Waals surface area contributed by atoms with Gasteiger partial charge in [0, 0.05) is 19.1 Å². The number of rotatable bonds is 3. The van der Waals surface area contributed by atoms with Crippen LogP contribution in [0.15, 0.2) is 18.2 Å². The molecular weight excluding hydrogens is 322 g/mol. The molecule has 1 N–H and O–H groups in total. The minimum absolute atomic E-state index is 0.126. The number of amides is 3. The first-order valence-corrected chi connectivity index (χ1v) is 8.89. The molecule has 0 aliphatic carbocycles. The van der Waals surface area contributed by atoms with Crippen LogP contribution in [0.1, 0.15) is 31.4 Å². The fraction of sp³-hybridized carbons (Fsp3) is 0.556. The quantitative estimate of drug-likeness (QED) is 0.900. The summed E-state index contributed by atoms with van der Waals surface area (Å²) in [4.78, 5) is 28.0. The Labute approximate surface area is 146 Å². The van der Waals surface area contributed by atoms with Crippen LogP contribution in [0, 0.1) is 0 Å². The molecule has 3 heterocycles. The Hall–Kier alpha value is -2.28. The third kappa shape index (κ3) is 2.93. The van der Waals surface area contributed by atoms with Crippen LogP contribution in [0.3, 0.4) is 0 Å². The van der Waals surface area contributed by atoms with Crippen LogP contribution >= 0.6 is 0 Å². The highest BCUT2D eigenvalue weighted by atomic mass is 16.6. The molecule has 25 heavy (non-hydrogen) atoms. The summed E-state index contributed by atoms with van der Waals surface area (Å²) in [6.45, 7) is 4.86. The van der Waals surface area contributed by atoms with E-state index in [0.29, 0.717) is 26.3 Å². The molecule has 0 unspecified atom stereocenters. The first kappa shape index (κ1) is 16.2. The lowest BCUT2D eigenvalue weighted by molar-refractivity contribution is -0.133. The minimum Gasteiger partial charge on any atom is -0.486 e. The number of ether oxygens (including phenoxy) is 2. The molecule has 3 amide bonds. The molecule has 0 aromatic heterocycles. The average molecular weight is 345 g/mol. The van der Waals surface area contributed by atoms with E-state index in [1.165, 1.54) is 4.90 Å². The van der Waals surface area contributed by atoms with Crippen molar-refractivity contribution in [2.45, 2.75) is 31.8 Å². The predicted octanol–water partition coefficient (Wildman–Crippen LogP) is 1.53. The average Bonchev–Trinajstić information content (AvgIpc) is 3.29. The van der Waals surface area contributed by atoms with Gasteiger partial charge in [-0.2, -0.15) is 0 Å². The van der Waals surface area contributed by atoms with E-state index in [1.807, 2.05) is 19.1 Å². The largest absolute Gasteiger partial charge is 0.486 e. The number of urea groups is 1. The topological polar surface area (TPSA) is 71.1 Å². The van der Waals surface area contributed by atoms with E-state index in [2.05, 4.69) is 16.3 Å². The summed E-state index contributed by atoms with van der Waals surface area (Å²) >= 11 is 0. The lowest BCUT2D eigenvalue weighted by atomic mass is 10.0. The lowest BCUT2D eigenvalue weighted by Crippen LogP contribution is -2.47. The smallest absolute Gasteiger partial charge is 0.324 e. The van der Waals surface area contributed by atoms with Crippen LogP contribution in [0.4, 0.5) is 4.79 Å². The fourth-order valence-electron chi connectivity index (χ4n) is 3.93. The number of carbonyl (C=O) groups is 2. The van der Waals surface area contributed by atoms with Crippen molar-refractivity contribution < 1.29 is 19.1 Å². The predicted molar refractivity (Wildman–Crippen MR) is 90.7 cm³/mol. The summed E-state index contributed by atoms with van der Waals surface area (Å²) < 4.78 is 11.3. The van der Waals surface area contributed by atoms with Gasteiger partial charge < -0.3 is 14.8 Å². The molecule has 1 aromatic rings. The van der Waals surface area contributed by atoms with Crippen LogP contribution < -0.4 is 14.8 Å². The summed E-state index contributed by atoms with van der Waals surface area (Å²) in [5, 5.41) is 2.69. The second-order valence-corrected chi connectivity index (χ2v) is 6.70. The second-order valence-electron chi connectivity index (χ2n) is 6.70. The number of carbonyl (C=O) groups excluding carboxylic acids is 2. The van der Waals surface area contributed by atoms with Crippen LogP contribution in [0.2, 0.25) is 0 Å². The molecule has 2 atom stereocenters. The minimum atomic E-state index is -0.329. The number of hydrogen-bond donors (Lipinski definition) is 1. The standard InChI is InChI=1S/C18H23N3O4/c1-12(17(22)21-8-6-19-18(21)23)20-7-2-3-14(20)13-4-5-15-16(11-13)25-10-9-24-15/h4-5,11-12,14H,2-3,6-10H2,1H3,(H,19,23)/t12-,14-/m0/s1. The van der Waals surface area contributed by atoms with Crippen molar-refractivity contribution in [1.82, 2.24) is 15.1 Å². The normalized spacial score (nSPS) is 24.3.